The number of esters is 1. The number of ether oxygens (including phenoxy) is 3. The lowest BCUT2D eigenvalue weighted by atomic mass is 9.78. The molecule has 0 unspecified atom stereocenters. The fraction of sp³-hybridized carbons (Fsp3) is 0.594. The number of rotatable bonds is 16. The average Bonchev–Trinajstić information content (AvgIpc) is 2.91. The van der Waals surface area contributed by atoms with Gasteiger partial charge in [-0.15, -0.1) is 0 Å². The zero-order chi connectivity index (χ0) is 25.4. The van der Waals surface area contributed by atoms with Gasteiger partial charge < -0.3 is 14.2 Å². The summed E-state index contributed by atoms with van der Waals surface area (Å²) in [4.78, 5) is 12.5. The standard InChI is InChI=1S/C32H46O4/c1-3-5-6-7-8-24-34-29-18-16-28(17-19-29)32(33)36-31-22-20-30(21-23-31)35-25-9-11-27-14-12-26(10-4-2)13-15-27/h16-23,26-27H,3-15,24-25H2,1-2H3. The van der Waals surface area contributed by atoms with Gasteiger partial charge >= 0.3 is 5.97 Å². The molecule has 0 spiro atoms. The zero-order valence-corrected chi connectivity index (χ0v) is 22.5. The largest absolute Gasteiger partial charge is 0.494 e. The van der Waals surface area contributed by atoms with Gasteiger partial charge in [0.1, 0.15) is 17.2 Å². The molecule has 1 saturated carbocycles. The first-order valence-corrected chi connectivity index (χ1v) is 14.4. The summed E-state index contributed by atoms with van der Waals surface area (Å²) in [5, 5.41) is 0. The first-order valence-electron chi connectivity index (χ1n) is 14.4. The van der Waals surface area contributed by atoms with Crippen molar-refractivity contribution in [2.24, 2.45) is 11.8 Å². The lowest BCUT2D eigenvalue weighted by Crippen LogP contribution is -2.15. The van der Waals surface area contributed by atoms with Crippen LogP contribution in [0.25, 0.3) is 0 Å². The van der Waals surface area contributed by atoms with E-state index >= 15 is 0 Å². The summed E-state index contributed by atoms with van der Waals surface area (Å²) in [6, 6.07) is 14.5. The number of benzene rings is 2. The number of carbonyl (C=O) groups is 1. The summed E-state index contributed by atoms with van der Waals surface area (Å²) >= 11 is 0. The Labute approximate surface area is 218 Å². The van der Waals surface area contributed by atoms with E-state index in [4.69, 9.17) is 14.2 Å². The number of hydrogen-bond acceptors (Lipinski definition) is 4. The highest BCUT2D eigenvalue weighted by Crippen LogP contribution is 2.33. The highest BCUT2D eigenvalue weighted by Gasteiger charge is 2.20. The second-order valence-electron chi connectivity index (χ2n) is 10.3. The van der Waals surface area contributed by atoms with E-state index in [-0.39, 0.29) is 5.97 Å². The van der Waals surface area contributed by atoms with Crippen molar-refractivity contribution in [3.05, 3.63) is 54.1 Å². The summed E-state index contributed by atoms with van der Waals surface area (Å²) in [6.45, 7) is 5.96. The monoisotopic (exact) mass is 494 g/mol. The van der Waals surface area contributed by atoms with Crippen LogP contribution in [0.5, 0.6) is 17.2 Å². The van der Waals surface area contributed by atoms with E-state index in [2.05, 4.69) is 13.8 Å². The van der Waals surface area contributed by atoms with E-state index in [0.29, 0.717) is 17.9 Å². The Kier molecular flexibility index (Phi) is 12.7. The molecule has 2 aromatic carbocycles. The van der Waals surface area contributed by atoms with Crippen molar-refractivity contribution >= 4 is 5.97 Å². The number of carbonyl (C=O) groups excluding carboxylic acids is 1. The van der Waals surface area contributed by atoms with Crippen molar-refractivity contribution in [3.63, 3.8) is 0 Å². The van der Waals surface area contributed by atoms with Crippen molar-refractivity contribution < 1.29 is 19.0 Å². The molecule has 0 aliphatic heterocycles. The molecule has 0 amide bonds. The maximum absolute atomic E-state index is 12.5. The summed E-state index contributed by atoms with van der Waals surface area (Å²) in [6.07, 6.45) is 16.7. The lowest BCUT2D eigenvalue weighted by molar-refractivity contribution is 0.0734. The van der Waals surface area contributed by atoms with Crippen LogP contribution in [0.1, 0.15) is 108 Å². The van der Waals surface area contributed by atoms with E-state index in [1.807, 2.05) is 24.3 Å². The highest BCUT2D eigenvalue weighted by molar-refractivity contribution is 5.91. The molecule has 0 N–H and O–H groups in total. The zero-order valence-electron chi connectivity index (χ0n) is 22.5. The predicted octanol–water partition coefficient (Wildman–Crippen LogP) is 9.02. The molecule has 198 valence electrons. The van der Waals surface area contributed by atoms with Gasteiger partial charge in [-0.2, -0.15) is 0 Å². The minimum Gasteiger partial charge on any atom is -0.494 e. The van der Waals surface area contributed by atoms with Crippen LogP contribution >= 0.6 is 0 Å². The van der Waals surface area contributed by atoms with Crippen LogP contribution in [-0.4, -0.2) is 19.2 Å². The fourth-order valence-corrected chi connectivity index (χ4v) is 5.13. The maximum Gasteiger partial charge on any atom is 0.343 e. The van der Waals surface area contributed by atoms with Gasteiger partial charge in [0.25, 0.3) is 0 Å². The molecular formula is C32H46O4. The van der Waals surface area contributed by atoms with Crippen LogP contribution in [0.2, 0.25) is 0 Å². The average molecular weight is 495 g/mol. The molecule has 1 fully saturated rings. The van der Waals surface area contributed by atoms with E-state index in [1.165, 1.54) is 70.6 Å². The molecule has 3 rings (SSSR count). The normalized spacial score (nSPS) is 17.5. The van der Waals surface area contributed by atoms with Crippen LogP contribution < -0.4 is 14.2 Å². The second-order valence-corrected chi connectivity index (χ2v) is 10.3. The molecule has 0 bridgehead atoms. The van der Waals surface area contributed by atoms with Crippen LogP contribution in [-0.2, 0) is 0 Å². The van der Waals surface area contributed by atoms with Gasteiger partial charge in [0.05, 0.1) is 18.8 Å². The maximum atomic E-state index is 12.5. The van der Waals surface area contributed by atoms with Crippen molar-refractivity contribution in [2.75, 3.05) is 13.2 Å². The third kappa shape index (κ3) is 10.2. The van der Waals surface area contributed by atoms with Gasteiger partial charge in [0.15, 0.2) is 0 Å². The molecule has 4 heteroatoms. The molecule has 0 saturated heterocycles. The third-order valence-electron chi connectivity index (χ3n) is 7.33. The SMILES string of the molecule is CCCCCCCOc1ccc(C(=O)Oc2ccc(OCCCC3CCC(CCC)CC3)cc2)cc1. The van der Waals surface area contributed by atoms with Crippen LogP contribution in [0.15, 0.2) is 48.5 Å². The molecule has 2 aromatic rings. The Balaban J connectivity index is 1.31. The van der Waals surface area contributed by atoms with Crippen molar-refractivity contribution in [1.29, 1.82) is 0 Å². The highest BCUT2D eigenvalue weighted by atomic mass is 16.5. The summed E-state index contributed by atoms with van der Waals surface area (Å²) < 4.78 is 17.2. The molecule has 0 radical (unpaired) electrons. The molecule has 1 aliphatic rings. The van der Waals surface area contributed by atoms with Crippen LogP contribution in [0.4, 0.5) is 0 Å². The Hall–Kier alpha value is -2.49. The minimum absolute atomic E-state index is 0.372. The smallest absolute Gasteiger partial charge is 0.343 e. The van der Waals surface area contributed by atoms with E-state index in [1.54, 1.807) is 24.3 Å². The van der Waals surface area contributed by atoms with Gasteiger partial charge in [-0.1, -0.05) is 78.1 Å². The Bertz CT molecular complexity index is 851. The van der Waals surface area contributed by atoms with Gasteiger partial charge in [-0.3, -0.25) is 0 Å². The van der Waals surface area contributed by atoms with Crippen LogP contribution in [0.3, 0.4) is 0 Å². The first-order chi connectivity index (χ1) is 17.7. The van der Waals surface area contributed by atoms with Gasteiger partial charge in [-0.25, -0.2) is 4.79 Å². The topological polar surface area (TPSA) is 44.8 Å². The summed E-state index contributed by atoms with van der Waals surface area (Å²) in [7, 11) is 0. The van der Waals surface area contributed by atoms with Crippen molar-refractivity contribution in [1.82, 2.24) is 0 Å². The minimum atomic E-state index is -0.372. The Morgan fingerprint density at radius 1 is 0.639 bits per heavy atom. The quantitative estimate of drug-likeness (QED) is 0.133. The van der Waals surface area contributed by atoms with Crippen LogP contribution in [0, 0.1) is 11.8 Å². The fourth-order valence-electron chi connectivity index (χ4n) is 5.13. The second kappa shape index (κ2) is 16.3. The molecule has 36 heavy (non-hydrogen) atoms. The summed E-state index contributed by atoms with van der Waals surface area (Å²) in [5.41, 5.74) is 0.509. The van der Waals surface area contributed by atoms with Crippen molar-refractivity contribution in [3.8, 4) is 17.2 Å². The lowest BCUT2D eigenvalue weighted by Gasteiger charge is -2.28. The molecule has 1 aliphatic carbocycles. The first kappa shape index (κ1) is 28.1. The molecule has 0 heterocycles. The van der Waals surface area contributed by atoms with Crippen molar-refractivity contribution in [2.45, 2.75) is 97.3 Å². The van der Waals surface area contributed by atoms with Gasteiger partial charge in [0, 0.05) is 0 Å². The number of hydrogen-bond donors (Lipinski definition) is 0. The third-order valence-corrected chi connectivity index (χ3v) is 7.33. The van der Waals surface area contributed by atoms with Gasteiger partial charge in [-0.05, 0) is 79.6 Å². The summed E-state index contributed by atoms with van der Waals surface area (Å²) in [5.74, 6) is 3.59. The Morgan fingerprint density at radius 3 is 1.78 bits per heavy atom. The van der Waals surface area contributed by atoms with Gasteiger partial charge in [0.2, 0.25) is 0 Å². The number of unbranched alkanes of at least 4 members (excludes halogenated alkanes) is 4. The van der Waals surface area contributed by atoms with E-state index < -0.39 is 0 Å². The molecular weight excluding hydrogens is 448 g/mol. The molecule has 4 nitrogen and oxygen atoms in total. The van der Waals surface area contributed by atoms with E-state index in [0.717, 1.165) is 42.8 Å². The predicted molar refractivity (Wildman–Crippen MR) is 147 cm³/mol. The van der Waals surface area contributed by atoms with E-state index in [9.17, 15) is 4.79 Å². The molecule has 0 aromatic heterocycles. The molecule has 0 atom stereocenters. The Morgan fingerprint density at radius 2 is 1.17 bits per heavy atom.